The summed E-state index contributed by atoms with van der Waals surface area (Å²) in [6, 6.07) is 8.09. The van der Waals surface area contributed by atoms with Gasteiger partial charge in [0.1, 0.15) is 0 Å². The van der Waals surface area contributed by atoms with Crippen molar-refractivity contribution < 1.29 is 29.0 Å². The number of hydrogen-bond donors (Lipinski definition) is 3. The molecule has 1 aromatic heterocycles. The van der Waals surface area contributed by atoms with E-state index in [0.717, 1.165) is 42.7 Å². The molecular weight excluding hydrogens is 508 g/mol. The van der Waals surface area contributed by atoms with Crippen LogP contribution in [0.3, 0.4) is 0 Å². The van der Waals surface area contributed by atoms with E-state index in [2.05, 4.69) is 15.5 Å². The molecule has 3 amide bonds. The number of nitrogens with one attached hydrogen (secondary N) is 2. The third kappa shape index (κ3) is 6.83. The summed E-state index contributed by atoms with van der Waals surface area (Å²) in [5, 5.41) is 17.1. The Morgan fingerprint density at radius 3 is 2.45 bits per heavy atom. The molecule has 2 aromatic rings. The molecule has 3 N–H and O–H groups in total. The van der Waals surface area contributed by atoms with Crippen LogP contribution in [0.4, 0.5) is 16.2 Å². The fourth-order valence-electron chi connectivity index (χ4n) is 5.04. The maximum absolute atomic E-state index is 13.2. The Balaban J connectivity index is 1.56. The van der Waals surface area contributed by atoms with Gasteiger partial charge >= 0.3 is 12.1 Å². The Labute approximate surface area is 225 Å². The van der Waals surface area contributed by atoms with Gasteiger partial charge in [-0.3, -0.25) is 14.4 Å². The summed E-state index contributed by atoms with van der Waals surface area (Å²) >= 11 is 1.38. The van der Waals surface area contributed by atoms with Gasteiger partial charge in [-0.1, -0.05) is 25.3 Å². The molecule has 10 nitrogen and oxygen atoms in total. The van der Waals surface area contributed by atoms with Crippen molar-refractivity contribution in [1.82, 2.24) is 10.2 Å². The number of piperazine rings is 1. The normalized spacial score (nSPS) is 17.0. The number of ether oxygens (including phenoxy) is 1. The van der Waals surface area contributed by atoms with Crippen LogP contribution in [0.25, 0.3) is 0 Å². The second-order valence-corrected chi connectivity index (χ2v) is 10.6. The largest absolute Gasteiger partial charge is 0.481 e. The Morgan fingerprint density at radius 2 is 1.82 bits per heavy atom. The number of carboxylic acids is 1. The maximum Gasteiger partial charge on any atom is 0.409 e. The third-order valence-corrected chi connectivity index (χ3v) is 8.10. The first-order valence-corrected chi connectivity index (χ1v) is 13.8. The van der Waals surface area contributed by atoms with Gasteiger partial charge in [-0.05, 0) is 42.5 Å². The molecule has 1 aromatic carbocycles. The van der Waals surface area contributed by atoms with Crippen molar-refractivity contribution >= 4 is 46.6 Å². The fourth-order valence-corrected chi connectivity index (χ4v) is 5.82. The minimum atomic E-state index is -1.01. The molecule has 2 fully saturated rings. The average molecular weight is 543 g/mol. The topological polar surface area (TPSA) is 128 Å². The van der Waals surface area contributed by atoms with E-state index in [1.54, 1.807) is 29.2 Å². The summed E-state index contributed by atoms with van der Waals surface area (Å²) in [6.07, 6.45) is 4.27. The molecular formula is C27H34N4O6S. The van der Waals surface area contributed by atoms with Crippen molar-refractivity contribution in [3.8, 4) is 0 Å². The van der Waals surface area contributed by atoms with Crippen LogP contribution in [0.1, 0.15) is 59.8 Å². The number of carbonyl (C=O) groups excluding carboxylic acids is 3. The summed E-state index contributed by atoms with van der Waals surface area (Å²) in [6.45, 7) is 2.04. The molecule has 2 aliphatic rings. The zero-order valence-electron chi connectivity index (χ0n) is 21.5. The van der Waals surface area contributed by atoms with Crippen molar-refractivity contribution in [3.05, 3.63) is 46.2 Å². The van der Waals surface area contributed by atoms with E-state index in [-0.39, 0.29) is 24.3 Å². The first kappa shape index (κ1) is 27.4. The lowest BCUT2D eigenvalue weighted by Crippen LogP contribution is -2.49. The van der Waals surface area contributed by atoms with Crippen molar-refractivity contribution in [2.45, 2.75) is 44.6 Å². The molecule has 11 heteroatoms. The maximum atomic E-state index is 13.2. The van der Waals surface area contributed by atoms with Crippen molar-refractivity contribution in [1.29, 1.82) is 0 Å². The summed E-state index contributed by atoms with van der Waals surface area (Å²) in [7, 11) is 1.36. The number of nitrogens with zero attached hydrogens (tertiary/aromatic N) is 2. The van der Waals surface area contributed by atoms with Gasteiger partial charge in [0.15, 0.2) is 0 Å². The molecule has 1 aliphatic heterocycles. The number of aliphatic carboxylic acids is 1. The predicted octanol–water partition coefficient (Wildman–Crippen LogP) is 4.10. The van der Waals surface area contributed by atoms with E-state index < -0.39 is 17.9 Å². The Bertz CT molecular complexity index is 1140. The van der Waals surface area contributed by atoms with Crippen LogP contribution >= 0.6 is 11.3 Å². The first-order chi connectivity index (χ1) is 18.4. The Hall–Kier alpha value is -3.60. The number of benzene rings is 1. The number of carbonyl (C=O) groups is 4. The minimum absolute atomic E-state index is 0.0564. The number of carboxylic acid groups (broad SMARTS) is 1. The monoisotopic (exact) mass is 542 g/mol. The van der Waals surface area contributed by atoms with Crippen LogP contribution in [0.2, 0.25) is 0 Å². The van der Waals surface area contributed by atoms with E-state index >= 15 is 0 Å². The SMILES string of the molecule is COC(=O)N1CCN(c2ccc(C(=O)NC(CC(=O)O)c3cccs3)cc2NC(=O)C2CCCCC2)CC1. The summed E-state index contributed by atoms with van der Waals surface area (Å²) < 4.78 is 4.83. The Morgan fingerprint density at radius 1 is 1.08 bits per heavy atom. The van der Waals surface area contributed by atoms with Crippen LogP contribution in [0, 0.1) is 5.92 Å². The summed E-state index contributed by atoms with van der Waals surface area (Å²) in [5.74, 6) is -1.55. The molecule has 0 spiro atoms. The zero-order chi connectivity index (χ0) is 27.1. The molecule has 4 rings (SSSR count). The van der Waals surface area contributed by atoms with Crippen molar-refractivity contribution in [2.24, 2.45) is 5.92 Å². The van der Waals surface area contributed by atoms with Crippen LogP contribution < -0.4 is 15.5 Å². The third-order valence-electron chi connectivity index (χ3n) is 7.12. The first-order valence-electron chi connectivity index (χ1n) is 12.9. The van der Waals surface area contributed by atoms with Gasteiger partial charge in [0, 0.05) is 42.5 Å². The Kier molecular flexibility index (Phi) is 9.22. The van der Waals surface area contributed by atoms with Gasteiger partial charge in [0.25, 0.3) is 5.91 Å². The smallest absolute Gasteiger partial charge is 0.409 e. The molecule has 1 saturated heterocycles. The minimum Gasteiger partial charge on any atom is -0.481 e. The van der Waals surface area contributed by atoms with Crippen LogP contribution in [0.15, 0.2) is 35.7 Å². The number of rotatable bonds is 8. The average Bonchev–Trinajstić information content (AvgIpc) is 3.48. The summed E-state index contributed by atoms with van der Waals surface area (Å²) in [5.41, 5.74) is 1.63. The number of methoxy groups -OCH3 is 1. The summed E-state index contributed by atoms with van der Waals surface area (Å²) in [4.78, 5) is 54.2. The quantitative estimate of drug-likeness (QED) is 0.458. The van der Waals surface area contributed by atoms with Gasteiger partial charge in [0.05, 0.1) is 30.9 Å². The number of hydrogen-bond acceptors (Lipinski definition) is 7. The second kappa shape index (κ2) is 12.8. The molecule has 38 heavy (non-hydrogen) atoms. The van der Waals surface area contributed by atoms with Crippen LogP contribution in [0.5, 0.6) is 0 Å². The molecule has 1 aliphatic carbocycles. The lowest BCUT2D eigenvalue weighted by atomic mass is 9.88. The number of amides is 3. The van der Waals surface area contributed by atoms with Crippen LogP contribution in [-0.4, -0.2) is 67.2 Å². The lowest BCUT2D eigenvalue weighted by Gasteiger charge is -2.36. The van der Waals surface area contributed by atoms with Crippen molar-refractivity contribution in [2.75, 3.05) is 43.5 Å². The molecule has 1 unspecified atom stereocenters. The van der Waals surface area contributed by atoms with Gasteiger partial charge in [-0.25, -0.2) is 4.79 Å². The standard InChI is InChI=1S/C27H34N4O6S/c1-37-27(36)31-13-11-30(12-14-31)22-10-9-19(16-20(22)28-25(34)18-6-3-2-4-7-18)26(35)29-21(17-24(32)33)23-8-5-15-38-23/h5,8-10,15-16,18,21H,2-4,6-7,11-14,17H2,1H3,(H,28,34)(H,29,35)(H,32,33). The highest BCUT2D eigenvalue weighted by molar-refractivity contribution is 7.10. The molecule has 0 bridgehead atoms. The highest BCUT2D eigenvalue weighted by Gasteiger charge is 2.27. The van der Waals surface area contributed by atoms with Gasteiger partial charge < -0.3 is 30.3 Å². The molecule has 1 saturated carbocycles. The second-order valence-electron chi connectivity index (χ2n) is 9.64. The number of thiophene rings is 1. The van der Waals surface area contributed by atoms with Crippen molar-refractivity contribution in [3.63, 3.8) is 0 Å². The van der Waals surface area contributed by atoms with E-state index in [9.17, 15) is 24.3 Å². The molecule has 204 valence electrons. The van der Waals surface area contributed by atoms with E-state index in [1.807, 2.05) is 11.4 Å². The highest BCUT2D eigenvalue weighted by Crippen LogP contribution is 2.32. The van der Waals surface area contributed by atoms with E-state index in [4.69, 9.17) is 4.74 Å². The van der Waals surface area contributed by atoms with E-state index in [0.29, 0.717) is 37.4 Å². The van der Waals surface area contributed by atoms with Gasteiger partial charge in [0.2, 0.25) is 5.91 Å². The van der Waals surface area contributed by atoms with Crippen LogP contribution in [-0.2, 0) is 14.3 Å². The highest BCUT2D eigenvalue weighted by atomic mass is 32.1. The zero-order valence-corrected chi connectivity index (χ0v) is 22.3. The van der Waals surface area contributed by atoms with E-state index in [1.165, 1.54) is 18.4 Å². The molecule has 1 atom stereocenters. The van der Waals surface area contributed by atoms with Gasteiger partial charge in [-0.15, -0.1) is 11.3 Å². The molecule has 0 radical (unpaired) electrons. The fraction of sp³-hybridized carbons (Fsp3) is 0.481. The number of anilines is 2. The molecule has 2 heterocycles. The lowest BCUT2D eigenvalue weighted by molar-refractivity contribution is -0.137. The van der Waals surface area contributed by atoms with Gasteiger partial charge in [-0.2, -0.15) is 0 Å². The predicted molar refractivity (Wildman–Crippen MR) is 145 cm³/mol.